The molecular formula is C12H15F3N2O3. The van der Waals surface area contributed by atoms with Gasteiger partial charge in [0.1, 0.15) is 5.69 Å². The van der Waals surface area contributed by atoms with Crippen LogP contribution in [0.15, 0.2) is 18.2 Å². The Hall–Kier alpha value is -1.83. The zero-order chi connectivity index (χ0) is 15.5. The highest BCUT2D eigenvalue weighted by Gasteiger charge is 2.33. The lowest BCUT2D eigenvalue weighted by Gasteiger charge is -2.16. The van der Waals surface area contributed by atoms with Gasteiger partial charge in [-0.2, -0.15) is 13.2 Å². The molecule has 1 atom stereocenters. The zero-order valence-corrected chi connectivity index (χ0v) is 10.9. The number of alkyl halides is 3. The number of anilines is 1. The highest BCUT2D eigenvalue weighted by atomic mass is 19.4. The van der Waals surface area contributed by atoms with Crippen LogP contribution in [0.4, 0.5) is 24.5 Å². The molecule has 2 N–H and O–H groups in total. The van der Waals surface area contributed by atoms with Gasteiger partial charge in [-0.05, 0) is 18.1 Å². The number of hydrogen-bond donors (Lipinski definition) is 2. The van der Waals surface area contributed by atoms with Gasteiger partial charge in [-0.1, -0.05) is 13.8 Å². The van der Waals surface area contributed by atoms with Crippen molar-refractivity contribution in [1.29, 1.82) is 0 Å². The summed E-state index contributed by atoms with van der Waals surface area (Å²) in [6, 6.07) is 2.23. The van der Waals surface area contributed by atoms with E-state index in [0.29, 0.717) is 6.07 Å². The second-order valence-electron chi connectivity index (χ2n) is 4.68. The molecule has 0 saturated carbocycles. The first-order chi connectivity index (χ1) is 9.12. The maximum Gasteiger partial charge on any atom is 0.416 e. The molecule has 0 bridgehead atoms. The first-order valence-corrected chi connectivity index (χ1v) is 5.90. The van der Waals surface area contributed by atoms with Crippen LogP contribution in [0.3, 0.4) is 0 Å². The molecule has 8 heteroatoms. The number of halogens is 3. The molecule has 1 aromatic carbocycles. The van der Waals surface area contributed by atoms with Crippen molar-refractivity contribution in [2.24, 2.45) is 5.92 Å². The Labute approximate surface area is 113 Å². The summed E-state index contributed by atoms with van der Waals surface area (Å²) in [5, 5.41) is 23.0. The van der Waals surface area contributed by atoms with E-state index in [1.165, 1.54) is 0 Å². The maximum atomic E-state index is 12.5. The van der Waals surface area contributed by atoms with Gasteiger partial charge >= 0.3 is 6.18 Å². The lowest BCUT2D eigenvalue weighted by molar-refractivity contribution is -0.384. The summed E-state index contributed by atoms with van der Waals surface area (Å²) in [7, 11) is 0. The van der Waals surface area contributed by atoms with Crippen LogP contribution >= 0.6 is 0 Å². The van der Waals surface area contributed by atoms with Gasteiger partial charge in [0.25, 0.3) is 5.69 Å². The number of hydrogen-bond acceptors (Lipinski definition) is 4. The van der Waals surface area contributed by atoms with Crippen molar-refractivity contribution in [2.75, 3.05) is 11.9 Å². The van der Waals surface area contributed by atoms with Gasteiger partial charge in [-0.15, -0.1) is 0 Å². The highest BCUT2D eigenvalue weighted by Crippen LogP contribution is 2.34. The Morgan fingerprint density at radius 1 is 1.40 bits per heavy atom. The van der Waals surface area contributed by atoms with Crippen molar-refractivity contribution in [3.63, 3.8) is 0 Å². The molecule has 0 fully saturated rings. The average Bonchev–Trinajstić information content (AvgIpc) is 2.34. The molecule has 20 heavy (non-hydrogen) atoms. The number of nitrogens with one attached hydrogen (secondary N) is 1. The third-order valence-corrected chi connectivity index (χ3v) is 2.79. The number of nitro benzene ring substituents is 1. The van der Waals surface area contributed by atoms with E-state index in [0.717, 1.165) is 12.1 Å². The number of benzene rings is 1. The van der Waals surface area contributed by atoms with Gasteiger partial charge in [0.15, 0.2) is 0 Å². The number of aliphatic hydroxyl groups is 1. The fourth-order valence-corrected chi connectivity index (χ4v) is 1.46. The normalized spacial score (nSPS) is 13.3. The minimum atomic E-state index is -4.64. The van der Waals surface area contributed by atoms with E-state index >= 15 is 0 Å². The van der Waals surface area contributed by atoms with Crippen LogP contribution in [0.2, 0.25) is 0 Å². The topological polar surface area (TPSA) is 75.4 Å². The SMILES string of the molecule is CC(C)C(O)CNc1ccc(C(F)(F)F)cc1[N+](=O)[O-]. The minimum absolute atomic E-state index is 0.0177. The molecule has 0 aliphatic carbocycles. The van der Waals surface area contributed by atoms with Crippen LogP contribution in [0.25, 0.3) is 0 Å². The van der Waals surface area contributed by atoms with Crippen molar-refractivity contribution in [3.8, 4) is 0 Å². The van der Waals surface area contributed by atoms with Crippen molar-refractivity contribution in [2.45, 2.75) is 26.1 Å². The van der Waals surface area contributed by atoms with Gasteiger partial charge in [-0.3, -0.25) is 10.1 Å². The lowest BCUT2D eigenvalue weighted by Crippen LogP contribution is -2.25. The Bertz CT molecular complexity index is 489. The summed E-state index contributed by atoms with van der Waals surface area (Å²) in [6.07, 6.45) is -5.39. The molecule has 1 unspecified atom stereocenters. The molecule has 0 aromatic heterocycles. The first-order valence-electron chi connectivity index (χ1n) is 5.90. The smallest absolute Gasteiger partial charge is 0.391 e. The fraction of sp³-hybridized carbons (Fsp3) is 0.500. The number of aliphatic hydroxyl groups excluding tert-OH is 1. The summed E-state index contributed by atoms with van der Waals surface area (Å²) in [5.74, 6) is -0.0731. The molecule has 0 heterocycles. The molecular weight excluding hydrogens is 277 g/mol. The highest BCUT2D eigenvalue weighted by molar-refractivity contribution is 5.63. The summed E-state index contributed by atoms with van der Waals surface area (Å²) < 4.78 is 37.5. The summed E-state index contributed by atoms with van der Waals surface area (Å²) in [5.41, 5.74) is -1.81. The van der Waals surface area contributed by atoms with Gasteiger partial charge in [0.2, 0.25) is 0 Å². The zero-order valence-electron chi connectivity index (χ0n) is 10.9. The van der Waals surface area contributed by atoms with Crippen molar-refractivity contribution in [3.05, 3.63) is 33.9 Å². The molecule has 1 aromatic rings. The van der Waals surface area contributed by atoms with Crippen LogP contribution in [0.5, 0.6) is 0 Å². The van der Waals surface area contributed by atoms with Crippen molar-refractivity contribution >= 4 is 11.4 Å². The van der Waals surface area contributed by atoms with E-state index in [9.17, 15) is 28.4 Å². The molecule has 0 aliphatic heterocycles. The van der Waals surface area contributed by atoms with E-state index in [4.69, 9.17) is 0 Å². The third kappa shape index (κ3) is 4.09. The summed E-state index contributed by atoms with van der Waals surface area (Å²) in [6.45, 7) is 3.53. The number of rotatable bonds is 5. The third-order valence-electron chi connectivity index (χ3n) is 2.79. The Balaban J connectivity index is 3.00. The molecule has 0 spiro atoms. The van der Waals surface area contributed by atoms with Gasteiger partial charge in [-0.25, -0.2) is 0 Å². The quantitative estimate of drug-likeness (QED) is 0.646. The van der Waals surface area contributed by atoms with E-state index in [1.807, 2.05) is 0 Å². The Kier molecular flexibility index (Phi) is 4.93. The Morgan fingerprint density at radius 2 is 2.00 bits per heavy atom. The molecule has 5 nitrogen and oxygen atoms in total. The van der Waals surface area contributed by atoms with E-state index in [-0.39, 0.29) is 18.2 Å². The standard InChI is InChI=1S/C12H15F3N2O3/c1-7(2)11(18)6-16-9-4-3-8(12(13,14)15)5-10(9)17(19)20/h3-5,7,11,16,18H,6H2,1-2H3. The van der Waals surface area contributed by atoms with Crippen molar-refractivity contribution < 1.29 is 23.2 Å². The van der Waals surface area contributed by atoms with Gasteiger partial charge in [0, 0.05) is 12.6 Å². The van der Waals surface area contributed by atoms with Crippen LogP contribution in [0.1, 0.15) is 19.4 Å². The fourth-order valence-electron chi connectivity index (χ4n) is 1.46. The van der Waals surface area contributed by atoms with Crippen LogP contribution < -0.4 is 5.32 Å². The summed E-state index contributed by atoms with van der Waals surface area (Å²) in [4.78, 5) is 9.93. The molecule has 0 aliphatic rings. The molecule has 1 rings (SSSR count). The molecule has 0 saturated heterocycles. The van der Waals surface area contributed by atoms with Crippen LogP contribution in [0, 0.1) is 16.0 Å². The first kappa shape index (κ1) is 16.2. The summed E-state index contributed by atoms with van der Waals surface area (Å²) >= 11 is 0. The monoisotopic (exact) mass is 292 g/mol. The number of nitrogens with zero attached hydrogens (tertiary/aromatic N) is 1. The second kappa shape index (κ2) is 6.08. The van der Waals surface area contributed by atoms with E-state index in [1.54, 1.807) is 13.8 Å². The molecule has 112 valence electrons. The van der Waals surface area contributed by atoms with E-state index < -0.39 is 28.5 Å². The second-order valence-corrected chi connectivity index (χ2v) is 4.68. The lowest BCUT2D eigenvalue weighted by atomic mass is 10.1. The molecule has 0 amide bonds. The maximum absolute atomic E-state index is 12.5. The largest absolute Gasteiger partial charge is 0.416 e. The Morgan fingerprint density at radius 3 is 2.45 bits per heavy atom. The van der Waals surface area contributed by atoms with Gasteiger partial charge < -0.3 is 10.4 Å². The van der Waals surface area contributed by atoms with Crippen molar-refractivity contribution in [1.82, 2.24) is 0 Å². The average molecular weight is 292 g/mol. The predicted molar refractivity (Wildman–Crippen MR) is 67.4 cm³/mol. The van der Waals surface area contributed by atoms with Crippen LogP contribution in [-0.2, 0) is 6.18 Å². The van der Waals surface area contributed by atoms with E-state index in [2.05, 4.69) is 5.32 Å². The minimum Gasteiger partial charge on any atom is -0.391 e. The molecule has 0 radical (unpaired) electrons. The van der Waals surface area contributed by atoms with Crippen LogP contribution in [-0.4, -0.2) is 22.7 Å². The van der Waals surface area contributed by atoms with Gasteiger partial charge in [0.05, 0.1) is 16.6 Å². The predicted octanol–water partition coefficient (Wildman–Crippen LogP) is 3.04. The number of nitro groups is 1.